The van der Waals surface area contributed by atoms with Crippen molar-refractivity contribution in [2.24, 2.45) is 43.4 Å². The van der Waals surface area contributed by atoms with E-state index >= 15 is 4.79 Å². The molecule has 2 fully saturated rings. The number of aromatic amines is 1. The Morgan fingerprint density at radius 3 is 1.54 bits per heavy atom. The van der Waals surface area contributed by atoms with Crippen molar-refractivity contribution in [1.29, 1.82) is 0 Å². The molecule has 65 heavy (non-hydrogen) atoms. The van der Waals surface area contributed by atoms with Crippen molar-refractivity contribution < 1.29 is 28.7 Å². The van der Waals surface area contributed by atoms with E-state index in [0.29, 0.717) is 66.0 Å². The van der Waals surface area contributed by atoms with Crippen LogP contribution in [0.25, 0.3) is 6.08 Å². The van der Waals surface area contributed by atoms with Gasteiger partial charge in [-0.3, -0.25) is 9.59 Å². The molecule has 2 aliphatic carbocycles. The van der Waals surface area contributed by atoms with E-state index in [-0.39, 0.29) is 68.9 Å². The Hall–Kier alpha value is -3.69. The highest BCUT2D eigenvalue weighted by Gasteiger charge is 2.50. The summed E-state index contributed by atoms with van der Waals surface area (Å²) in [5, 5.41) is 6.41. The molecule has 0 saturated heterocycles. The smallest absolute Gasteiger partial charge is 0.342 e. The average Bonchev–Trinajstić information content (AvgIpc) is 3.76. The van der Waals surface area contributed by atoms with E-state index in [1.807, 2.05) is 54.5 Å². The number of allylic oxidation sites excluding steroid dienone is 1. The Bertz CT molecular complexity index is 1960. The molecule has 2 saturated carbocycles. The lowest BCUT2D eigenvalue weighted by molar-refractivity contribution is -0.166. The van der Waals surface area contributed by atoms with E-state index in [2.05, 4.69) is 91.8 Å². The monoisotopic (exact) mass is 903 g/mol. The molecule has 10 heteroatoms. The van der Waals surface area contributed by atoms with Crippen molar-refractivity contribution in [3.63, 3.8) is 0 Å². The van der Waals surface area contributed by atoms with Gasteiger partial charge in [-0.2, -0.15) is 0 Å². The van der Waals surface area contributed by atoms with Gasteiger partial charge in [0, 0.05) is 38.2 Å². The summed E-state index contributed by atoms with van der Waals surface area (Å²) in [7, 11) is 0. The average molecular weight is 903 g/mol. The van der Waals surface area contributed by atoms with Crippen molar-refractivity contribution in [2.45, 2.75) is 233 Å². The van der Waals surface area contributed by atoms with Crippen LogP contribution in [-0.2, 0) is 23.9 Å². The Kier molecular flexibility index (Phi) is 17.1. The van der Waals surface area contributed by atoms with E-state index in [9.17, 15) is 14.4 Å². The number of nitrogens with zero attached hydrogens (tertiary/aromatic N) is 1. The molecule has 2 heterocycles. The van der Waals surface area contributed by atoms with Gasteiger partial charge in [0.15, 0.2) is 0 Å². The summed E-state index contributed by atoms with van der Waals surface area (Å²) in [5.41, 5.74) is 0.651. The first-order valence-electron chi connectivity index (χ1n) is 25.5. The van der Waals surface area contributed by atoms with Crippen LogP contribution in [0.5, 0.6) is 0 Å². The maximum atomic E-state index is 15.0. The largest absolute Gasteiger partial charge is 0.458 e. The van der Waals surface area contributed by atoms with Crippen LogP contribution in [0.3, 0.4) is 0 Å². The van der Waals surface area contributed by atoms with Crippen LogP contribution >= 0.6 is 0 Å². The number of anilines is 1. The Balaban J connectivity index is 2.03. The van der Waals surface area contributed by atoms with Crippen LogP contribution in [0.1, 0.15) is 242 Å². The number of nitrogens with one attached hydrogen (secondary N) is 3. The van der Waals surface area contributed by atoms with Gasteiger partial charge in [0.2, 0.25) is 11.8 Å². The molecule has 3 aliphatic rings. The summed E-state index contributed by atoms with van der Waals surface area (Å²) in [5.74, 6) is -1.23. The molecule has 1 aromatic heterocycles. The summed E-state index contributed by atoms with van der Waals surface area (Å²) in [6.45, 7) is 37.8. The SMILES string of the molecule is CCCCC(CC)(CC)C(=O)NC1=NC(=Cc2[nH]c(NC(=O)C(CC)(CC)CC)c(C(=O)OC3C(C)(C)CCCC3(C)C)c2C(C)C)C(C(C)C)=C1C(=O)OC1C(C)(C)CCCC1(C)C. The zero-order chi connectivity index (χ0) is 49.1. The number of carbonyl (C=O) groups excluding carboxylic acids is 4. The molecule has 0 bridgehead atoms. The number of hydrogen-bond acceptors (Lipinski definition) is 7. The zero-order valence-corrected chi connectivity index (χ0v) is 44.2. The predicted molar refractivity (Wildman–Crippen MR) is 267 cm³/mol. The topological polar surface area (TPSA) is 139 Å². The number of amides is 2. The third-order valence-electron chi connectivity index (χ3n) is 16.3. The molecule has 4 rings (SSSR count). The first-order chi connectivity index (χ1) is 30.2. The molecule has 1 aromatic rings. The minimum atomic E-state index is -0.635. The Morgan fingerprint density at radius 1 is 0.677 bits per heavy atom. The molecule has 10 nitrogen and oxygen atoms in total. The van der Waals surface area contributed by atoms with Crippen molar-refractivity contribution in [3.05, 3.63) is 33.7 Å². The van der Waals surface area contributed by atoms with Gasteiger partial charge in [0.25, 0.3) is 0 Å². The van der Waals surface area contributed by atoms with Gasteiger partial charge < -0.3 is 25.1 Å². The zero-order valence-electron chi connectivity index (χ0n) is 44.2. The molecule has 0 radical (unpaired) electrons. The fraction of sp³-hybridized carbons (Fsp3) is 0.764. The van der Waals surface area contributed by atoms with Crippen molar-refractivity contribution in [2.75, 3.05) is 5.32 Å². The normalized spacial score (nSPS) is 20.6. The van der Waals surface area contributed by atoms with E-state index in [4.69, 9.17) is 14.5 Å². The van der Waals surface area contributed by atoms with Crippen LogP contribution in [0, 0.1) is 38.4 Å². The van der Waals surface area contributed by atoms with Crippen molar-refractivity contribution >= 4 is 41.5 Å². The fourth-order valence-corrected chi connectivity index (χ4v) is 12.1. The second kappa shape index (κ2) is 20.7. The van der Waals surface area contributed by atoms with Crippen molar-refractivity contribution in [1.82, 2.24) is 10.3 Å². The Labute approximate surface area is 394 Å². The summed E-state index contributed by atoms with van der Waals surface area (Å²) in [6.07, 6.45) is 12.8. The third kappa shape index (κ3) is 11.0. The minimum absolute atomic E-state index is 0.153. The van der Waals surface area contributed by atoms with Gasteiger partial charge in [-0.25, -0.2) is 14.6 Å². The van der Waals surface area contributed by atoms with E-state index < -0.39 is 22.8 Å². The molecule has 0 aromatic carbocycles. The predicted octanol–water partition coefficient (Wildman–Crippen LogP) is 14.0. The minimum Gasteiger partial charge on any atom is -0.458 e. The van der Waals surface area contributed by atoms with Gasteiger partial charge >= 0.3 is 11.9 Å². The second-order valence-electron chi connectivity index (χ2n) is 23.4. The van der Waals surface area contributed by atoms with Gasteiger partial charge in [-0.1, -0.05) is 150 Å². The lowest BCUT2D eigenvalue weighted by Gasteiger charge is -2.48. The van der Waals surface area contributed by atoms with Crippen LogP contribution in [-0.4, -0.2) is 46.8 Å². The van der Waals surface area contributed by atoms with E-state index in [1.165, 1.54) is 0 Å². The number of esters is 2. The van der Waals surface area contributed by atoms with Gasteiger partial charge in [0.05, 0.1) is 5.70 Å². The number of hydrogen-bond donors (Lipinski definition) is 3. The second-order valence-corrected chi connectivity index (χ2v) is 23.4. The quantitative estimate of drug-likeness (QED) is 0.125. The lowest BCUT2D eigenvalue weighted by Crippen LogP contribution is -2.49. The van der Waals surface area contributed by atoms with Crippen LogP contribution in [0.15, 0.2) is 21.8 Å². The lowest BCUT2D eigenvalue weighted by atomic mass is 9.63. The van der Waals surface area contributed by atoms with E-state index in [1.54, 1.807) is 0 Å². The van der Waals surface area contributed by atoms with Crippen LogP contribution in [0.4, 0.5) is 5.82 Å². The Morgan fingerprint density at radius 2 is 1.12 bits per heavy atom. The molecular weight excluding hydrogens is 813 g/mol. The van der Waals surface area contributed by atoms with Crippen LogP contribution < -0.4 is 10.6 Å². The maximum absolute atomic E-state index is 15.0. The summed E-state index contributed by atoms with van der Waals surface area (Å²) in [4.78, 5) is 67.6. The number of amidine groups is 1. The molecular formula is C55H90N4O6. The molecule has 366 valence electrons. The molecule has 1 aliphatic heterocycles. The number of carbonyl (C=O) groups is 4. The fourth-order valence-electron chi connectivity index (χ4n) is 12.1. The number of aromatic nitrogens is 1. The summed E-state index contributed by atoms with van der Waals surface area (Å²) in [6, 6.07) is 0. The number of H-pyrrole nitrogens is 1. The van der Waals surface area contributed by atoms with Crippen molar-refractivity contribution in [3.8, 4) is 0 Å². The van der Waals surface area contributed by atoms with Gasteiger partial charge in [0.1, 0.15) is 35.0 Å². The molecule has 3 N–H and O–H groups in total. The highest BCUT2D eigenvalue weighted by Crippen LogP contribution is 2.50. The number of rotatable bonds is 18. The van der Waals surface area contributed by atoms with E-state index in [0.717, 1.165) is 57.8 Å². The highest BCUT2D eigenvalue weighted by molar-refractivity contribution is 6.26. The number of ether oxygens (including phenoxy) is 2. The summed E-state index contributed by atoms with van der Waals surface area (Å²) >= 11 is 0. The maximum Gasteiger partial charge on any atom is 0.342 e. The molecule has 0 spiro atoms. The molecule has 2 amide bonds. The van der Waals surface area contributed by atoms with Crippen LogP contribution in [0.2, 0.25) is 0 Å². The number of aliphatic imine (C=N–C) groups is 1. The highest BCUT2D eigenvalue weighted by atomic mass is 16.6. The van der Waals surface area contributed by atoms with Gasteiger partial charge in [-0.15, -0.1) is 0 Å². The standard InChI is InChI=1S/C55H90N4O6/c1-19-25-32-55(23-5,24-6)49(63)59-43-41(45(61)65-47-52(15,16)30-27-31-53(47,17)18)39(35(9)10)37(57-43)33-36-38(34(7)8)40(42(56-36)58-48(62)54(20-2,21-3)22-4)44(60)64-46-50(11,12)28-26-29-51(46,13)14/h33-35,46-47,56H,19-32H2,1-18H3,(H,58,62)(H,57,59,63). The molecule has 0 unspecified atom stereocenters. The van der Waals surface area contributed by atoms with Gasteiger partial charge in [-0.05, 0) is 93.3 Å². The third-order valence-corrected chi connectivity index (χ3v) is 16.3. The number of unbranched alkanes of at least 4 members (excludes halogenated alkanes) is 1. The summed E-state index contributed by atoms with van der Waals surface area (Å²) < 4.78 is 13.3. The first kappa shape index (κ1) is 53.9. The molecule has 0 atom stereocenters. The first-order valence-corrected chi connectivity index (χ1v) is 25.5.